The van der Waals surface area contributed by atoms with Gasteiger partial charge in [0.15, 0.2) is 0 Å². The van der Waals surface area contributed by atoms with Gasteiger partial charge in [-0.2, -0.15) is 0 Å². The first kappa shape index (κ1) is 15.7. The highest BCUT2D eigenvalue weighted by Crippen LogP contribution is 2.36. The minimum Gasteiger partial charge on any atom is -0.506 e. The third-order valence-electron chi connectivity index (χ3n) is 4.30. The Morgan fingerprint density at radius 1 is 1.52 bits per heavy atom. The average Bonchev–Trinajstić information content (AvgIpc) is 2.49. The van der Waals surface area contributed by atoms with Crippen LogP contribution in [0.25, 0.3) is 0 Å². The summed E-state index contributed by atoms with van der Waals surface area (Å²) in [6, 6.07) is 1.36. The molecule has 0 spiro atoms. The summed E-state index contributed by atoms with van der Waals surface area (Å²) in [7, 11) is 0. The highest BCUT2D eigenvalue weighted by molar-refractivity contribution is 5.94. The van der Waals surface area contributed by atoms with Crippen LogP contribution in [-0.4, -0.2) is 56.9 Å². The van der Waals surface area contributed by atoms with Gasteiger partial charge in [0.1, 0.15) is 5.75 Å². The van der Waals surface area contributed by atoms with Crippen LogP contribution in [0, 0.1) is 5.41 Å². The molecule has 0 radical (unpaired) electrons. The van der Waals surface area contributed by atoms with Gasteiger partial charge < -0.3 is 20.2 Å². The topological polar surface area (TPSA) is 93.9 Å². The van der Waals surface area contributed by atoms with Crippen molar-refractivity contribution in [1.82, 2.24) is 9.88 Å². The number of piperidine rings is 1. The third-order valence-corrected chi connectivity index (χ3v) is 4.30. The summed E-state index contributed by atoms with van der Waals surface area (Å²) in [5.74, 6) is -0.324. The number of pyridine rings is 1. The molecule has 116 valence electrons. The van der Waals surface area contributed by atoms with Gasteiger partial charge >= 0.3 is 0 Å². The van der Waals surface area contributed by atoms with Gasteiger partial charge in [-0.1, -0.05) is 13.3 Å². The maximum absolute atomic E-state index is 12.4. The van der Waals surface area contributed by atoms with Crippen LogP contribution >= 0.6 is 0 Å². The van der Waals surface area contributed by atoms with Crippen molar-refractivity contribution in [2.24, 2.45) is 5.41 Å². The highest BCUT2D eigenvalue weighted by Gasteiger charge is 2.42. The van der Waals surface area contributed by atoms with Crippen molar-refractivity contribution >= 4 is 5.91 Å². The molecule has 2 atom stereocenters. The van der Waals surface area contributed by atoms with Crippen LogP contribution in [0.2, 0.25) is 0 Å². The van der Waals surface area contributed by atoms with E-state index in [4.69, 9.17) is 0 Å². The molecular weight excluding hydrogens is 272 g/mol. The van der Waals surface area contributed by atoms with Crippen molar-refractivity contribution in [2.75, 3.05) is 19.7 Å². The van der Waals surface area contributed by atoms with Gasteiger partial charge in [-0.3, -0.25) is 9.78 Å². The van der Waals surface area contributed by atoms with E-state index in [-0.39, 0.29) is 24.8 Å². The fourth-order valence-corrected chi connectivity index (χ4v) is 2.98. The van der Waals surface area contributed by atoms with Gasteiger partial charge in [-0.05, 0) is 18.9 Å². The maximum Gasteiger partial charge on any atom is 0.255 e. The van der Waals surface area contributed by atoms with Crippen LogP contribution in [0.15, 0.2) is 18.5 Å². The van der Waals surface area contributed by atoms with E-state index in [0.717, 1.165) is 12.8 Å². The third kappa shape index (κ3) is 3.16. The van der Waals surface area contributed by atoms with E-state index in [1.54, 1.807) is 4.90 Å². The molecule has 0 aromatic carbocycles. The van der Waals surface area contributed by atoms with Crippen LogP contribution in [-0.2, 0) is 0 Å². The van der Waals surface area contributed by atoms with Gasteiger partial charge in [-0.15, -0.1) is 0 Å². The van der Waals surface area contributed by atoms with Gasteiger partial charge in [0.2, 0.25) is 0 Å². The zero-order chi connectivity index (χ0) is 15.5. The van der Waals surface area contributed by atoms with E-state index >= 15 is 0 Å². The fourth-order valence-electron chi connectivity index (χ4n) is 2.98. The highest BCUT2D eigenvalue weighted by atomic mass is 16.3. The number of aliphatic hydroxyl groups is 2. The molecule has 1 amide bonds. The molecule has 2 rings (SSSR count). The molecule has 0 saturated carbocycles. The fraction of sp³-hybridized carbons (Fsp3) is 0.600. The molecule has 0 bridgehead atoms. The van der Waals surface area contributed by atoms with Crippen molar-refractivity contribution < 1.29 is 20.1 Å². The largest absolute Gasteiger partial charge is 0.506 e. The van der Waals surface area contributed by atoms with Crippen molar-refractivity contribution in [3.63, 3.8) is 0 Å². The molecule has 1 saturated heterocycles. The molecule has 0 aliphatic carbocycles. The van der Waals surface area contributed by atoms with Crippen LogP contribution in [0.3, 0.4) is 0 Å². The number of carbonyl (C=O) groups excluding carboxylic acids is 1. The number of β-amino-alcohol motifs (C(OH)–C–C–N with tert-alkyl or cyclic N) is 1. The predicted octanol–water partition coefficient (Wildman–Crippen LogP) is 0.773. The molecule has 2 heterocycles. The lowest BCUT2D eigenvalue weighted by atomic mass is 9.73. The quantitative estimate of drug-likeness (QED) is 0.762. The standard InChI is InChI=1S/C15H22N2O4/c1-2-3-15(10-18)4-5-17(9-13(15)20)14(21)11-6-12(19)8-16-7-11/h6-8,13,18-20H,2-5,9-10H2,1H3/t13-,15-/m1/s1. The lowest BCUT2D eigenvalue weighted by Gasteiger charge is -2.44. The molecule has 1 aliphatic rings. The Hall–Kier alpha value is -1.66. The van der Waals surface area contributed by atoms with Gasteiger partial charge in [-0.25, -0.2) is 0 Å². The summed E-state index contributed by atoms with van der Waals surface area (Å²) in [5, 5.41) is 29.4. The molecule has 6 nitrogen and oxygen atoms in total. The van der Waals surface area contributed by atoms with E-state index in [9.17, 15) is 20.1 Å². The summed E-state index contributed by atoms with van der Waals surface area (Å²) >= 11 is 0. The number of aliphatic hydroxyl groups excluding tert-OH is 2. The Morgan fingerprint density at radius 3 is 2.86 bits per heavy atom. The number of nitrogens with zero attached hydrogens (tertiary/aromatic N) is 2. The lowest BCUT2D eigenvalue weighted by molar-refractivity contribution is -0.0713. The van der Waals surface area contributed by atoms with E-state index < -0.39 is 11.5 Å². The summed E-state index contributed by atoms with van der Waals surface area (Å²) < 4.78 is 0. The molecule has 1 aliphatic heterocycles. The normalized spacial score (nSPS) is 25.9. The zero-order valence-corrected chi connectivity index (χ0v) is 12.2. The maximum atomic E-state index is 12.4. The monoisotopic (exact) mass is 294 g/mol. The van der Waals surface area contributed by atoms with Gasteiger partial charge in [0.05, 0.1) is 24.5 Å². The van der Waals surface area contributed by atoms with Gasteiger partial charge in [0.25, 0.3) is 5.91 Å². The number of rotatable bonds is 4. The molecule has 1 fully saturated rings. The Kier molecular flexibility index (Phi) is 4.80. The second kappa shape index (κ2) is 6.41. The number of aromatic nitrogens is 1. The summed E-state index contributed by atoms with van der Waals surface area (Å²) in [4.78, 5) is 17.7. The minimum atomic E-state index is -0.745. The molecule has 1 aromatic rings. The first-order valence-electron chi connectivity index (χ1n) is 7.24. The number of hydrogen-bond acceptors (Lipinski definition) is 5. The second-order valence-corrected chi connectivity index (χ2v) is 5.72. The number of carbonyl (C=O) groups is 1. The Balaban J connectivity index is 2.10. The van der Waals surface area contributed by atoms with E-state index in [2.05, 4.69) is 4.98 Å². The Bertz CT molecular complexity index is 508. The van der Waals surface area contributed by atoms with Crippen molar-refractivity contribution in [1.29, 1.82) is 0 Å². The van der Waals surface area contributed by atoms with Crippen LogP contribution in [0.4, 0.5) is 0 Å². The Labute approximate surface area is 124 Å². The van der Waals surface area contributed by atoms with Gasteiger partial charge in [0, 0.05) is 24.7 Å². The number of aromatic hydroxyl groups is 1. The van der Waals surface area contributed by atoms with E-state index in [1.165, 1.54) is 18.5 Å². The van der Waals surface area contributed by atoms with Crippen LogP contribution in [0.5, 0.6) is 5.75 Å². The van der Waals surface area contributed by atoms with Crippen molar-refractivity contribution in [2.45, 2.75) is 32.3 Å². The minimum absolute atomic E-state index is 0.0610. The summed E-state index contributed by atoms with van der Waals surface area (Å²) in [5.41, 5.74) is -0.211. The zero-order valence-electron chi connectivity index (χ0n) is 12.2. The molecule has 0 unspecified atom stereocenters. The van der Waals surface area contributed by atoms with Crippen molar-refractivity contribution in [3.05, 3.63) is 24.0 Å². The number of hydrogen-bond donors (Lipinski definition) is 3. The summed E-state index contributed by atoms with van der Waals surface area (Å²) in [6.07, 6.45) is 4.10. The van der Waals surface area contributed by atoms with Crippen molar-refractivity contribution in [3.8, 4) is 5.75 Å². The molecule has 1 aromatic heterocycles. The van der Waals surface area contributed by atoms with Crippen LogP contribution in [0.1, 0.15) is 36.5 Å². The number of likely N-dealkylation sites (tertiary alicyclic amines) is 1. The lowest BCUT2D eigenvalue weighted by Crippen LogP contribution is -2.54. The first-order chi connectivity index (χ1) is 10.0. The molecule has 3 N–H and O–H groups in total. The summed E-state index contributed by atoms with van der Waals surface area (Å²) in [6.45, 7) is 2.61. The predicted molar refractivity (Wildman–Crippen MR) is 76.9 cm³/mol. The smallest absolute Gasteiger partial charge is 0.255 e. The van der Waals surface area contributed by atoms with E-state index in [1.807, 2.05) is 6.92 Å². The molecule has 21 heavy (non-hydrogen) atoms. The Morgan fingerprint density at radius 2 is 2.29 bits per heavy atom. The SMILES string of the molecule is CCC[C@]1(CO)CCN(C(=O)c2cncc(O)c2)C[C@H]1O. The first-order valence-corrected chi connectivity index (χ1v) is 7.24. The van der Waals surface area contributed by atoms with Crippen LogP contribution < -0.4 is 0 Å². The molecule has 6 heteroatoms. The average molecular weight is 294 g/mol. The second-order valence-electron chi connectivity index (χ2n) is 5.72. The number of amides is 1. The molecular formula is C15H22N2O4. The van der Waals surface area contributed by atoms with E-state index in [0.29, 0.717) is 18.5 Å².